The summed E-state index contributed by atoms with van der Waals surface area (Å²) in [5.74, 6) is 0. The number of ether oxygens (including phenoxy) is 2. The molecule has 0 radical (unpaired) electrons. The molecule has 2 aromatic rings. The van der Waals surface area contributed by atoms with Crippen molar-refractivity contribution >= 4 is 30.1 Å². The first-order valence-electron chi connectivity index (χ1n) is 13.6. The largest absolute Gasteiger partial charge is 0.379 e. The number of anilines is 1. The predicted molar refractivity (Wildman–Crippen MR) is 153 cm³/mol. The number of hydrazone groups is 1. The molecule has 0 spiro atoms. The monoisotopic (exact) mass is 550 g/mol. The summed E-state index contributed by atoms with van der Waals surface area (Å²) in [7, 11) is -2.69. The van der Waals surface area contributed by atoms with Gasteiger partial charge in [0.1, 0.15) is 0 Å². The fourth-order valence-corrected chi connectivity index (χ4v) is 9.85. The molecule has 0 saturated carbocycles. The van der Waals surface area contributed by atoms with Gasteiger partial charge in [-0.1, -0.05) is 32.0 Å². The van der Waals surface area contributed by atoms with Crippen molar-refractivity contribution < 1.29 is 14.4 Å². The molecule has 206 valence electrons. The standard InChI is InChI=1S/C28H35N6O4P/c1-28(2)20-25-27(26(21-28)31-12-16-37-17-13-31)39(32-14-18-38-19-15-32,33(29-25)23-6-4-3-5-7-23)30-22-8-10-24(11-9-22)34(35)36/h3-11H,12-21H2,1-2H3/t39-/m1/s1. The van der Waals surface area contributed by atoms with Gasteiger partial charge in [0.2, 0.25) is 0 Å². The van der Waals surface area contributed by atoms with E-state index in [1.54, 1.807) is 24.3 Å². The number of morpholine rings is 2. The number of para-hydroxylation sites is 1. The molecular formula is C28H35N6O4P. The van der Waals surface area contributed by atoms with Crippen LogP contribution < -0.4 is 4.78 Å². The molecule has 6 rings (SSSR count). The van der Waals surface area contributed by atoms with Gasteiger partial charge in [0, 0.05) is 44.0 Å². The van der Waals surface area contributed by atoms with Crippen molar-refractivity contribution in [3.05, 3.63) is 75.7 Å². The van der Waals surface area contributed by atoms with Crippen molar-refractivity contribution in [1.29, 1.82) is 0 Å². The number of nitrogens with zero attached hydrogens (tertiary/aromatic N) is 6. The van der Waals surface area contributed by atoms with Crippen LogP contribution in [0.5, 0.6) is 0 Å². The highest BCUT2D eigenvalue weighted by Crippen LogP contribution is 2.72. The highest BCUT2D eigenvalue weighted by Gasteiger charge is 2.51. The van der Waals surface area contributed by atoms with E-state index in [4.69, 9.17) is 19.3 Å². The van der Waals surface area contributed by atoms with Gasteiger partial charge in [0.05, 0.1) is 53.8 Å². The Hall–Kier alpha value is -3.04. The Morgan fingerprint density at radius 2 is 1.56 bits per heavy atom. The van der Waals surface area contributed by atoms with Crippen molar-refractivity contribution in [3.8, 4) is 0 Å². The minimum absolute atomic E-state index is 0.0523. The summed E-state index contributed by atoms with van der Waals surface area (Å²) in [5.41, 5.74) is 4.24. The smallest absolute Gasteiger partial charge is 0.269 e. The quantitative estimate of drug-likeness (QED) is 0.263. The van der Waals surface area contributed by atoms with Gasteiger partial charge in [-0.15, -0.1) is 0 Å². The number of allylic oxidation sites excluding steroid dienone is 2. The first-order chi connectivity index (χ1) is 18.9. The van der Waals surface area contributed by atoms with E-state index in [2.05, 4.69) is 40.3 Å². The molecule has 39 heavy (non-hydrogen) atoms. The Labute approximate surface area is 229 Å². The molecule has 1 atom stereocenters. The van der Waals surface area contributed by atoms with Crippen LogP contribution in [-0.2, 0) is 9.47 Å². The highest BCUT2D eigenvalue weighted by atomic mass is 31.2. The van der Waals surface area contributed by atoms with Gasteiger partial charge in [0.15, 0.2) is 7.36 Å². The van der Waals surface area contributed by atoms with Crippen LogP contribution in [0.3, 0.4) is 0 Å². The van der Waals surface area contributed by atoms with Gasteiger partial charge >= 0.3 is 0 Å². The van der Waals surface area contributed by atoms with E-state index in [0.717, 1.165) is 56.1 Å². The zero-order valence-electron chi connectivity index (χ0n) is 22.5. The van der Waals surface area contributed by atoms with Crippen LogP contribution in [0.4, 0.5) is 17.1 Å². The summed E-state index contributed by atoms with van der Waals surface area (Å²) >= 11 is 0. The first kappa shape index (κ1) is 26.2. The maximum absolute atomic E-state index is 11.4. The van der Waals surface area contributed by atoms with E-state index in [1.807, 2.05) is 18.2 Å². The van der Waals surface area contributed by atoms with Crippen LogP contribution in [0.1, 0.15) is 26.7 Å². The fourth-order valence-electron chi connectivity index (χ4n) is 5.93. The van der Waals surface area contributed by atoms with Gasteiger partial charge in [-0.2, -0.15) is 5.10 Å². The van der Waals surface area contributed by atoms with Gasteiger partial charge < -0.3 is 14.4 Å². The Morgan fingerprint density at radius 3 is 2.21 bits per heavy atom. The number of nitro benzene ring substituents is 1. The molecule has 3 heterocycles. The zero-order valence-corrected chi connectivity index (χ0v) is 23.4. The third kappa shape index (κ3) is 4.91. The van der Waals surface area contributed by atoms with Crippen molar-refractivity contribution in [3.63, 3.8) is 0 Å². The van der Waals surface area contributed by atoms with Crippen molar-refractivity contribution in [2.45, 2.75) is 26.7 Å². The molecule has 2 saturated heterocycles. The van der Waals surface area contributed by atoms with Crippen LogP contribution in [0.15, 0.2) is 75.5 Å². The molecule has 0 amide bonds. The summed E-state index contributed by atoms with van der Waals surface area (Å²) in [6.45, 7) is 10.5. The lowest BCUT2D eigenvalue weighted by Crippen LogP contribution is -2.42. The van der Waals surface area contributed by atoms with E-state index in [1.165, 1.54) is 11.0 Å². The van der Waals surface area contributed by atoms with E-state index in [-0.39, 0.29) is 16.0 Å². The number of non-ortho nitro benzene ring substituents is 1. The zero-order chi connectivity index (χ0) is 27.0. The van der Waals surface area contributed by atoms with Crippen LogP contribution in [0, 0.1) is 15.5 Å². The molecule has 0 unspecified atom stereocenters. The highest BCUT2D eigenvalue weighted by molar-refractivity contribution is 7.71. The summed E-state index contributed by atoms with van der Waals surface area (Å²) < 4.78 is 21.8. The lowest BCUT2D eigenvalue weighted by Gasteiger charge is -2.45. The number of hydrogen-bond acceptors (Lipinski definition) is 7. The van der Waals surface area contributed by atoms with Crippen LogP contribution in [0.2, 0.25) is 0 Å². The van der Waals surface area contributed by atoms with E-state index < -0.39 is 7.36 Å². The number of fused-ring (bicyclic) bond motifs is 1. The first-order valence-corrected chi connectivity index (χ1v) is 15.2. The second-order valence-corrected chi connectivity index (χ2v) is 13.8. The maximum Gasteiger partial charge on any atom is 0.269 e. The van der Waals surface area contributed by atoms with Crippen LogP contribution in [0.25, 0.3) is 0 Å². The number of rotatable bonds is 5. The number of benzene rings is 2. The van der Waals surface area contributed by atoms with Gasteiger partial charge in [-0.05, 0) is 42.5 Å². The molecule has 10 nitrogen and oxygen atoms in total. The molecule has 1 aliphatic carbocycles. The molecule has 11 heteroatoms. The maximum atomic E-state index is 11.4. The molecule has 2 aromatic carbocycles. The van der Waals surface area contributed by atoms with E-state index in [9.17, 15) is 10.1 Å². The molecular weight excluding hydrogens is 515 g/mol. The van der Waals surface area contributed by atoms with Crippen molar-refractivity contribution in [2.24, 2.45) is 15.3 Å². The van der Waals surface area contributed by atoms with Crippen LogP contribution >= 0.6 is 7.36 Å². The Morgan fingerprint density at radius 1 is 0.923 bits per heavy atom. The second-order valence-electron chi connectivity index (χ2n) is 11.1. The summed E-state index contributed by atoms with van der Waals surface area (Å²) in [5, 5.41) is 18.0. The van der Waals surface area contributed by atoms with Gasteiger partial charge in [0.25, 0.3) is 5.69 Å². The number of hydrogen-bond donors (Lipinski definition) is 0. The Kier molecular flexibility index (Phi) is 7.05. The lowest BCUT2D eigenvalue weighted by atomic mass is 9.78. The van der Waals surface area contributed by atoms with Gasteiger partial charge in [-0.3, -0.25) is 10.1 Å². The third-order valence-electron chi connectivity index (χ3n) is 7.70. The Bertz CT molecular complexity index is 1350. The van der Waals surface area contributed by atoms with E-state index >= 15 is 0 Å². The van der Waals surface area contributed by atoms with Crippen molar-refractivity contribution in [1.82, 2.24) is 9.57 Å². The Balaban J connectivity index is 1.65. The number of nitro groups is 1. The van der Waals surface area contributed by atoms with Gasteiger partial charge in [-0.25, -0.2) is 14.2 Å². The summed E-state index contributed by atoms with van der Waals surface area (Å²) in [6, 6.07) is 16.9. The minimum atomic E-state index is -2.69. The molecule has 3 aliphatic heterocycles. The topological polar surface area (TPSA) is 96.0 Å². The third-order valence-corrected chi connectivity index (χ3v) is 11.4. The van der Waals surface area contributed by atoms with Crippen LogP contribution in [-0.4, -0.2) is 72.8 Å². The summed E-state index contributed by atoms with van der Waals surface area (Å²) in [6.07, 6.45) is 1.80. The SMILES string of the molecule is CC1(C)CC2=NN(c3ccccc3)[P@](=Nc3ccc([N+](=O)[O-])cc3)(N3CCOCC3)C2=C(N2CCOCC2)C1. The average molecular weight is 551 g/mol. The summed E-state index contributed by atoms with van der Waals surface area (Å²) in [4.78, 5) is 13.5. The fraction of sp³-hybridized carbons (Fsp3) is 0.464. The average Bonchev–Trinajstić information content (AvgIpc) is 3.28. The lowest BCUT2D eigenvalue weighted by molar-refractivity contribution is -0.384. The minimum Gasteiger partial charge on any atom is -0.379 e. The molecule has 4 aliphatic rings. The van der Waals surface area contributed by atoms with Crippen molar-refractivity contribution in [2.75, 3.05) is 57.4 Å². The molecule has 0 N–H and O–H groups in total. The molecule has 2 fully saturated rings. The molecule has 0 bridgehead atoms. The molecule has 0 aromatic heterocycles. The second kappa shape index (κ2) is 10.5. The normalized spacial score (nSPS) is 25.3. The predicted octanol–water partition coefficient (Wildman–Crippen LogP) is 5.83. The van der Waals surface area contributed by atoms with E-state index in [0.29, 0.717) is 26.4 Å².